The number of anilines is 2. The minimum absolute atomic E-state index is 0.104. The molecule has 0 aliphatic rings. The Hall–Kier alpha value is -3.02. The van der Waals surface area contributed by atoms with Gasteiger partial charge in [-0.25, -0.2) is 0 Å². The van der Waals surface area contributed by atoms with E-state index in [-0.39, 0.29) is 18.4 Å². The van der Waals surface area contributed by atoms with Crippen LogP contribution in [0.5, 0.6) is 11.5 Å². The first-order valence-electron chi connectivity index (χ1n) is 7.99. The first-order chi connectivity index (χ1) is 12.0. The third kappa shape index (κ3) is 5.53. The van der Waals surface area contributed by atoms with Gasteiger partial charge < -0.3 is 20.1 Å². The smallest absolute Gasteiger partial charge is 0.262 e. The van der Waals surface area contributed by atoms with Gasteiger partial charge in [0.25, 0.3) is 5.91 Å². The van der Waals surface area contributed by atoms with E-state index in [4.69, 9.17) is 9.47 Å². The van der Waals surface area contributed by atoms with Crippen LogP contribution in [0.2, 0.25) is 0 Å². The third-order valence-corrected chi connectivity index (χ3v) is 3.50. The summed E-state index contributed by atoms with van der Waals surface area (Å²) < 4.78 is 10.7. The summed E-state index contributed by atoms with van der Waals surface area (Å²) in [5.41, 5.74) is 2.24. The van der Waals surface area contributed by atoms with Gasteiger partial charge in [-0.05, 0) is 42.3 Å². The van der Waals surface area contributed by atoms with Crippen LogP contribution in [-0.2, 0) is 16.0 Å². The maximum Gasteiger partial charge on any atom is 0.262 e. The lowest BCUT2D eigenvalue weighted by molar-refractivity contribution is -0.118. The van der Waals surface area contributed by atoms with Crippen LogP contribution < -0.4 is 20.1 Å². The lowest BCUT2D eigenvalue weighted by Gasteiger charge is -2.12. The van der Waals surface area contributed by atoms with Gasteiger partial charge in [0.1, 0.15) is 11.5 Å². The highest BCUT2D eigenvalue weighted by Crippen LogP contribution is 2.27. The van der Waals surface area contributed by atoms with Crippen molar-refractivity contribution < 1.29 is 19.1 Å². The van der Waals surface area contributed by atoms with Crippen molar-refractivity contribution in [3.63, 3.8) is 0 Å². The summed E-state index contributed by atoms with van der Waals surface area (Å²) in [6.45, 7) is 3.38. The van der Waals surface area contributed by atoms with E-state index in [0.29, 0.717) is 22.9 Å². The molecular weight excluding hydrogens is 320 g/mol. The second-order valence-corrected chi connectivity index (χ2v) is 5.43. The lowest BCUT2D eigenvalue weighted by Crippen LogP contribution is -2.20. The number of hydrogen-bond acceptors (Lipinski definition) is 4. The summed E-state index contributed by atoms with van der Waals surface area (Å²) in [4.78, 5) is 23.3. The quantitative estimate of drug-likeness (QED) is 0.810. The van der Waals surface area contributed by atoms with E-state index in [1.165, 1.54) is 19.6 Å². The number of amides is 2. The molecule has 0 heterocycles. The van der Waals surface area contributed by atoms with Crippen molar-refractivity contribution in [2.45, 2.75) is 20.3 Å². The molecule has 0 radical (unpaired) electrons. The predicted octanol–water partition coefficient (Wildman–Crippen LogP) is 3.23. The molecule has 132 valence electrons. The van der Waals surface area contributed by atoms with E-state index in [0.717, 1.165) is 6.42 Å². The molecule has 0 saturated carbocycles. The zero-order valence-corrected chi connectivity index (χ0v) is 14.6. The number of benzene rings is 2. The number of carbonyl (C=O) groups excluding carboxylic acids is 2. The topological polar surface area (TPSA) is 76.7 Å². The van der Waals surface area contributed by atoms with Crippen molar-refractivity contribution in [3.8, 4) is 11.5 Å². The summed E-state index contributed by atoms with van der Waals surface area (Å²) in [6, 6.07) is 12.6. The molecule has 0 spiro atoms. The minimum atomic E-state index is -0.293. The number of carbonyl (C=O) groups is 2. The van der Waals surface area contributed by atoms with Gasteiger partial charge >= 0.3 is 0 Å². The molecule has 2 aromatic carbocycles. The number of methoxy groups -OCH3 is 1. The Labute approximate surface area is 147 Å². The normalized spacial score (nSPS) is 10.0. The summed E-state index contributed by atoms with van der Waals surface area (Å²) in [6.07, 6.45) is 0.953. The van der Waals surface area contributed by atoms with Gasteiger partial charge in [0.15, 0.2) is 6.61 Å². The van der Waals surface area contributed by atoms with Crippen LogP contribution in [0.15, 0.2) is 42.5 Å². The SMILES string of the molecule is CCc1ccc(OCC(=O)Nc2ccc(OC)c(NC(C)=O)c2)cc1. The Morgan fingerprint density at radius 2 is 1.76 bits per heavy atom. The van der Waals surface area contributed by atoms with E-state index in [9.17, 15) is 9.59 Å². The number of ether oxygens (including phenoxy) is 2. The Morgan fingerprint density at radius 1 is 1.04 bits per heavy atom. The fourth-order valence-electron chi connectivity index (χ4n) is 2.24. The molecule has 0 aromatic heterocycles. The van der Waals surface area contributed by atoms with Crippen LogP contribution >= 0.6 is 0 Å². The fraction of sp³-hybridized carbons (Fsp3) is 0.263. The fourth-order valence-corrected chi connectivity index (χ4v) is 2.24. The van der Waals surface area contributed by atoms with E-state index in [1.807, 2.05) is 24.3 Å². The van der Waals surface area contributed by atoms with Crippen LogP contribution in [0.3, 0.4) is 0 Å². The van der Waals surface area contributed by atoms with Crippen molar-refractivity contribution in [2.75, 3.05) is 24.4 Å². The highest BCUT2D eigenvalue weighted by molar-refractivity contribution is 5.95. The van der Waals surface area contributed by atoms with Gasteiger partial charge in [-0.2, -0.15) is 0 Å². The molecule has 0 fully saturated rings. The van der Waals surface area contributed by atoms with Crippen molar-refractivity contribution in [1.29, 1.82) is 0 Å². The number of aryl methyl sites for hydroxylation is 1. The molecule has 6 heteroatoms. The molecule has 2 N–H and O–H groups in total. The molecule has 0 bridgehead atoms. The lowest BCUT2D eigenvalue weighted by atomic mass is 10.2. The first kappa shape index (κ1) is 18.3. The molecule has 2 amide bonds. The van der Waals surface area contributed by atoms with Gasteiger partial charge in [0.2, 0.25) is 5.91 Å². The summed E-state index contributed by atoms with van der Waals surface area (Å²) in [7, 11) is 1.51. The van der Waals surface area contributed by atoms with E-state index in [1.54, 1.807) is 18.2 Å². The standard InChI is InChI=1S/C19H22N2O4/c1-4-14-5-8-16(9-6-14)25-12-19(23)21-15-7-10-18(24-3)17(11-15)20-13(2)22/h5-11H,4,12H2,1-3H3,(H,20,22)(H,21,23). The molecule has 2 aromatic rings. The average Bonchev–Trinajstić information content (AvgIpc) is 2.60. The molecular formula is C19H22N2O4. The minimum Gasteiger partial charge on any atom is -0.495 e. The highest BCUT2D eigenvalue weighted by Gasteiger charge is 2.09. The highest BCUT2D eigenvalue weighted by atomic mass is 16.5. The number of nitrogens with one attached hydrogen (secondary N) is 2. The Kier molecular flexibility index (Phi) is 6.39. The van der Waals surface area contributed by atoms with Crippen LogP contribution in [0, 0.1) is 0 Å². The molecule has 2 rings (SSSR count). The Balaban J connectivity index is 1.96. The molecule has 0 aliphatic carbocycles. The zero-order valence-electron chi connectivity index (χ0n) is 14.6. The number of hydrogen-bond donors (Lipinski definition) is 2. The second-order valence-electron chi connectivity index (χ2n) is 5.43. The van der Waals surface area contributed by atoms with E-state index in [2.05, 4.69) is 17.6 Å². The average molecular weight is 342 g/mol. The molecule has 0 saturated heterocycles. The van der Waals surface area contributed by atoms with Crippen LogP contribution in [0.25, 0.3) is 0 Å². The van der Waals surface area contributed by atoms with E-state index < -0.39 is 0 Å². The van der Waals surface area contributed by atoms with Gasteiger partial charge in [0.05, 0.1) is 12.8 Å². The van der Waals surface area contributed by atoms with Crippen molar-refractivity contribution >= 4 is 23.2 Å². The predicted molar refractivity (Wildman–Crippen MR) is 97.2 cm³/mol. The number of rotatable bonds is 7. The van der Waals surface area contributed by atoms with Gasteiger partial charge in [-0.15, -0.1) is 0 Å². The molecule has 6 nitrogen and oxygen atoms in total. The zero-order chi connectivity index (χ0) is 18.2. The van der Waals surface area contributed by atoms with Crippen molar-refractivity contribution in [1.82, 2.24) is 0 Å². The van der Waals surface area contributed by atoms with Crippen molar-refractivity contribution in [2.24, 2.45) is 0 Å². The second kappa shape index (κ2) is 8.73. The van der Waals surface area contributed by atoms with E-state index >= 15 is 0 Å². The summed E-state index contributed by atoms with van der Waals surface area (Å²) in [5.74, 6) is 0.639. The third-order valence-electron chi connectivity index (χ3n) is 3.50. The van der Waals surface area contributed by atoms with Gasteiger partial charge in [-0.3, -0.25) is 9.59 Å². The summed E-state index contributed by atoms with van der Waals surface area (Å²) in [5, 5.41) is 5.39. The monoisotopic (exact) mass is 342 g/mol. The Bertz CT molecular complexity index is 742. The molecule has 0 aliphatic heterocycles. The first-order valence-corrected chi connectivity index (χ1v) is 7.99. The molecule has 0 unspecified atom stereocenters. The largest absolute Gasteiger partial charge is 0.495 e. The van der Waals surface area contributed by atoms with Crippen LogP contribution in [0.1, 0.15) is 19.4 Å². The van der Waals surface area contributed by atoms with Gasteiger partial charge in [-0.1, -0.05) is 19.1 Å². The maximum atomic E-state index is 12.0. The van der Waals surface area contributed by atoms with Crippen LogP contribution in [-0.4, -0.2) is 25.5 Å². The van der Waals surface area contributed by atoms with Crippen molar-refractivity contribution in [3.05, 3.63) is 48.0 Å². The maximum absolute atomic E-state index is 12.0. The molecule has 25 heavy (non-hydrogen) atoms. The molecule has 0 atom stereocenters. The summed E-state index contributed by atoms with van der Waals surface area (Å²) >= 11 is 0. The van der Waals surface area contributed by atoms with Crippen LogP contribution in [0.4, 0.5) is 11.4 Å². The Morgan fingerprint density at radius 3 is 2.36 bits per heavy atom. The van der Waals surface area contributed by atoms with Gasteiger partial charge in [0, 0.05) is 12.6 Å².